The molecule has 2 heterocycles. The molecule has 2 aromatic heterocycles. The van der Waals surface area contributed by atoms with Gasteiger partial charge in [-0.2, -0.15) is 0 Å². The van der Waals surface area contributed by atoms with Gasteiger partial charge in [-0.15, -0.1) is 6.58 Å². The quantitative estimate of drug-likeness (QED) is 0.530. The molecule has 0 spiro atoms. The van der Waals surface area contributed by atoms with Gasteiger partial charge < -0.3 is 9.47 Å². The second-order valence-electron chi connectivity index (χ2n) is 8.04. The van der Waals surface area contributed by atoms with Crippen molar-refractivity contribution in [1.82, 2.24) is 19.0 Å². The first kappa shape index (κ1) is 19.5. The Kier molecular flexibility index (Phi) is 5.51. The van der Waals surface area contributed by atoms with Crippen molar-refractivity contribution in [2.45, 2.75) is 70.6 Å². The molecule has 2 saturated carbocycles. The van der Waals surface area contributed by atoms with Crippen molar-refractivity contribution in [2.75, 3.05) is 0 Å². The molecule has 0 bridgehead atoms. The Balaban J connectivity index is 1.59. The van der Waals surface area contributed by atoms with Gasteiger partial charge in [-0.3, -0.25) is 14.2 Å². The van der Waals surface area contributed by atoms with Gasteiger partial charge in [0.2, 0.25) is 5.91 Å². The van der Waals surface area contributed by atoms with Gasteiger partial charge in [0.1, 0.15) is 17.6 Å². The van der Waals surface area contributed by atoms with E-state index in [-0.39, 0.29) is 18.0 Å². The van der Waals surface area contributed by atoms with Gasteiger partial charge >= 0.3 is 0 Å². The summed E-state index contributed by atoms with van der Waals surface area (Å²) >= 11 is 6.61. The molecule has 2 aromatic rings. The van der Waals surface area contributed by atoms with Gasteiger partial charge in [0.05, 0.1) is 0 Å². The van der Waals surface area contributed by atoms with Crippen LogP contribution >= 0.6 is 23.6 Å². The second kappa shape index (κ2) is 7.91. The summed E-state index contributed by atoms with van der Waals surface area (Å²) in [7, 11) is 0. The Morgan fingerprint density at radius 1 is 1.32 bits per heavy atom. The van der Waals surface area contributed by atoms with Gasteiger partial charge in [-0.1, -0.05) is 24.3 Å². The van der Waals surface area contributed by atoms with Crippen molar-refractivity contribution >= 4 is 39.8 Å². The summed E-state index contributed by atoms with van der Waals surface area (Å²) in [6.07, 6.45) is 9.87. The lowest BCUT2D eigenvalue weighted by Crippen LogP contribution is -2.46. The second-order valence-corrected chi connectivity index (χ2v) is 9.69. The number of nitrogens with zero attached hydrogens (tertiary/aromatic N) is 4. The topological polar surface area (TPSA) is 60.1 Å². The van der Waals surface area contributed by atoms with Gasteiger partial charge in [0.25, 0.3) is 5.56 Å². The number of hydrogen-bond acceptors (Lipinski definition) is 5. The van der Waals surface area contributed by atoms with E-state index in [1.807, 2.05) is 0 Å². The van der Waals surface area contributed by atoms with Crippen molar-refractivity contribution in [1.29, 1.82) is 0 Å². The first-order valence-corrected chi connectivity index (χ1v) is 11.2. The van der Waals surface area contributed by atoms with Gasteiger partial charge in [-0.05, 0) is 56.7 Å². The highest BCUT2D eigenvalue weighted by Gasteiger charge is 2.38. The number of rotatable bonds is 6. The van der Waals surface area contributed by atoms with E-state index in [0.717, 1.165) is 31.6 Å². The highest BCUT2D eigenvalue weighted by atomic mass is 32.1. The van der Waals surface area contributed by atoms with Gasteiger partial charge in [0, 0.05) is 18.6 Å². The summed E-state index contributed by atoms with van der Waals surface area (Å²) in [6.45, 7) is 6.58. The predicted molar refractivity (Wildman–Crippen MR) is 114 cm³/mol. The van der Waals surface area contributed by atoms with Crippen molar-refractivity contribution in [3.63, 3.8) is 0 Å². The fourth-order valence-electron chi connectivity index (χ4n) is 4.18. The molecule has 150 valence electrons. The van der Waals surface area contributed by atoms with Crippen LogP contribution in [0.5, 0.6) is 0 Å². The maximum absolute atomic E-state index is 13.1. The van der Waals surface area contributed by atoms with Crippen molar-refractivity contribution in [2.24, 2.45) is 5.92 Å². The SMILES string of the molecule is C=CCn1c(=S)sc2c(=O)n(CC(=O)N(C3CCC(C)CC3)C3CC3)cnc21. The van der Waals surface area contributed by atoms with Crippen LogP contribution in [0.15, 0.2) is 23.8 Å². The smallest absolute Gasteiger partial charge is 0.273 e. The number of thiazole rings is 1. The van der Waals surface area contributed by atoms with Crippen LogP contribution in [0.4, 0.5) is 0 Å². The molecular formula is C20H26N4O2S2. The number of amides is 1. The van der Waals surface area contributed by atoms with E-state index < -0.39 is 0 Å². The average Bonchev–Trinajstić information content (AvgIpc) is 3.45. The van der Waals surface area contributed by atoms with Crippen LogP contribution in [0.2, 0.25) is 0 Å². The molecular weight excluding hydrogens is 392 g/mol. The van der Waals surface area contributed by atoms with Crippen LogP contribution in [0.1, 0.15) is 45.4 Å². The number of carbonyl (C=O) groups is 1. The number of fused-ring (bicyclic) bond motifs is 1. The molecule has 2 aliphatic carbocycles. The molecule has 0 saturated heterocycles. The molecule has 2 aliphatic rings. The van der Waals surface area contributed by atoms with Crippen LogP contribution in [-0.4, -0.2) is 37.0 Å². The predicted octanol–water partition coefficient (Wildman–Crippen LogP) is 3.74. The average molecular weight is 419 g/mol. The van der Waals surface area contributed by atoms with Crippen LogP contribution in [0.25, 0.3) is 10.3 Å². The Hall–Kier alpha value is -1.80. The minimum Gasteiger partial charge on any atom is -0.335 e. The highest BCUT2D eigenvalue weighted by molar-refractivity contribution is 7.73. The molecule has 28 heavy (non-hydrogen) atoms. The molecule has 0 atom stereocenters. The van der Waals surface area contributed by atoms with E-state index in [9.17, 15) is 9.59 Å². The first-order valence-electron chi connectivity index (χ1n) is 10.0. The molecule has 0 aromatic carbocycles. The first-order chi connectivity index (χ1) is 13.5. The Bertz CT molecular complexity index is 1010. The Morgan fingerprint density at radius 3 is 2.57 bits per heavy atom. The largest absolute Gasteiger partial charge is 0.335 e. The van der Waals surface area contributed by atoms with Crippen molar-refractivity contribution in [3.05, 3.63) is 33.3 Å². The molecule has 6 nitrogen and oxygen atoms in total. The van der Waals surface area contributed by atoms with Crippen LogP contribution in [-0.2, 0) is 17.9 Å². The maximum atomic E-state index is 13.1. The normalized spacial score (nSPS) is 22.3. The lowest BCUT2D eigenvalue weighted by Gasteiger charge is -2.36. The van der Waals surface area contributed by atoms with E-state index in [1.165, 1.54) is 35.1 Å². The van der Waals surface area contributed by atoms with E-state index >= 15 is 0 Å². The summed E-state index contributed by atoms with van der Waals surface area (Å²) in [6, 6.07) is 0.674. The summed E-state index contributed by atoms with van der Waals surface area (Å²) in [5.41, 5.74) is 0.384. The zero-order chi connectivity index (χ0) is 19.8. The summed E-state index contributed by atoms with van der Waals surface area (Å²) < 4.78 is 4.34. The highest BCUT2D eigenvalue weighted by Crippen LogP contribution is 2.35. The van der Waals surface area contributed by atoms with Crippen LogP contribution in [0, 0.1) is 9.87 Å². The maximum Gasteiger partial charge on any atom is 0.273 e. The third-order valence-electron chi connectivity index (χ3n) is 5.87. The van der Waals surface area contributed by atoms with Gasteiger partial charge in [0.15, 0.2) is 9.60 Å². The van der Waals surface area contributed by atoms with Crippen molar-refractivity contribution in [3.8, 4) is 0 Å². The number of aromatic nitrogens is 3. The van der Waals surface area contributed by atoms with Crippen molar-refractivity contribution < 1.29 is 4.79 Å². The molecule has 0 radical (unpaired) electrons. The van der Waals surface area contributed by atoms with E-state index in [2.05, 4.69) is 23.4 Å². The third-order valence-corrected chi connectivity index (χ3v) is 7.29. The molecule has 4 rings (SSSR count). The summed E-state index contributed by atoms with van der Waals surface area (Å²) in [5.74, 6) is 0.787. The zero-order valence-corrected chi connectivity index (χ0v) is 17.8. The van der Waals surface area contributed by atoms with E-state index in [0.29, 0.717) is 32.9 Å². The summed E-state index contributed by atoms with van der Waals surface area (Å²) in [4.78, 5) is 32.6. The van der Waals surface area contributed by atoms with Crippen LogP contribution in [0.3, 0.4) is 0 Å². The fraction of sp³-hybridized carbons (Fsp3) is 0.600. The Morgan fingerprint density at radius 2 is 1.96 bits per heavy atom. The Labute approximate surface area is 173 Å². The molecule has 0 N–H and O–H groups in total. The standard InChI is InChI=1S/C20H26N4O2S2/c1-3-10-23-18-17(28-20(23)27)19(26)22(12-21-18)11-16(25)24(15-8-9-15)14-6-4-13(2)5-7-14/h3,12-15H,1,4-11H2,2H3. The lowest BCUT2D eigenvalue weighted by molar-refractivity contribution is -0.135. The number of carbonyl (C=O) groups excluding carboxylic acids is 1. The number of allylic oxidation sites excluding steroid dienone is 1. The molecule has 2 fully saturated rings. The minimum absolute atomic E-state index is 0.0411. The molecule has 1 amide bonds. The molecule has 8 heteroatoms. The van der Waals surface area contributed by atoms with E-state index in [1.54, 1.807) is 10.6 Å². The summed E-state index contributed by atoms with van der Waals surface area (Å²) in [5, 5.41) is 0. The fourth-order valence-corrected chi connectivity index (χ4v) is 5.50. The van der Waals surface area contributed by atoms with E-state index in [4.69, 9.17) is 12.2 Å². The molecule has 0 unspecified atom stereocenters. The third kappa shape index (κ3) is 3.72. The van der Waals surface area contributed by atoms with Gasteiger partial charge in [-0.25, -0.2) is 4.98 Å². The van der Waals surface area contributed by atoms with Crippen LogP contribution < -0.4 is 5.56 Å². The molecule has 0 aliphatic heterocycles. The minimum atomic E-state index is -0.190. The lowest BCUT2D eigenvalue weighted by atomic mass is 9.86. The zero-order valence-electron chi connectivity index (χ0n) is 16.2. The monoisotopic (exact) mass is 418 g/mol. The number of hydrogen-bond donors (Lipinski definition) is 0.